The van der Waals surface area contributed by atoms with Gasteiger partial charge in [-0.3, -0.25) is 4.79 Å². The van der Waals surface area contributed by atoms with Crippen LogP contribution in [0.4, 0.5) is 11.5 Å². The Bertz CT molecular complexity index is 645. The average molecular weight is 284 g/mol. The van der Waals surface area contributed by atoms with Gasteiger partial charge < -0.3 is 15.0 Å². The van der Waals surface area contributed by atoms with Crippen LogP contribution in [-0.2, 0) is 14.6 Å². The molecule has 1 N–H and O–H groups in total. The number of amides is 1. The molecule has 0 radical (unpaired) electrons. The van der Waals surface area contributed by atoms with Crippen LogP contribution in [0, 0.1) is 0 Å². The largest absolute Gasteiger partial charge is 0.479 e. The maximum atomic E-state index is 12.0. The van der Waals surface area contributed by atoms with Crippen molar-refractivity contribution in [2.24, 2.45) is 0 Å². The molecule has 1 fully saturated rings. The molecule has 0 bridgehead atoms. The van der Waals surface area contributed by atoms with Crippen molar-refractivity contribution in [1.82, 2.24) is 9.97 Å². The van der Waals surface area contributed by atoms with Gasteiger partial charge in [-0.05, 0) is 0 Å². The SMILES string of the molecule is COc1ncnc2c1NC(=O)C1CS(=O)(=O)CCN21. The molecular formula is C10H12N4O4S. The van der Waals surface area contributed by atoms with E-state index in [0.29, 0.717) is 11.5 Å². The van der Waals surface area contributed by atoms with Crippen LogP contribution in [0.1, 0.15) is 0 Å². The summed E-state index contributed by atoms with van der Waals surface area (Å²) in [6, 6.07) is -0.731. The molecule has 0 aromatic carbocycles. The van der Waals surface area contributed by atoms with E-state index in [-0.39, 0.29) is 29.8 Å². The van der Waals surface area contributed by atoms with Gasteiger partial charge in [0.2, 0.25) is 11.8 Å². The van der Waals surface area contributed by atoms with Crippen molar-refractivity contribution in [2.75, 3.05) is 35.4 Å². The molecule has 2 aliphatic rings. The van der Waals surface area contributed by atoms with E-state index in [0.717, 1.165) is 0 Å². The Morgan fingerprint density at radius 3 is 3.00 bits per heavy atom. The summed E-state index contributed by atoms with van der Waals surface area (Å²) in [5, 5.41) is 2.62. The lowest BCUT2D eigenvalue weighted by Gasteiger charge is -2.39. The van der Waals surface area contributed by atoms with Gasteiger partial charge >= 0.3 is 0 Å². The molecule has 19 heavy (non-hydrogen) atoms. The number of ether oxygens (including phenoxy) is 1. The number of aromatic nitrogens is 2. The van der Waals surface area contributed by atoms with Crippen LogP contribution < -0.4 is 15.0 Å². The number of carbonyl (C=O) groups excluding carboxylic acids is 1. The van der Waals surface area contributed by atoms with Gasteiger partial charge in [-0.25, -0.2) is 13.4 Å². The Morgan fingerprint density at radius 1 is 1.47 bits per heavy atom. The number of nitrogens with one attached hydrogen (secondary N) is 1. The topological polar surface area (TPSA) is 101 Å². The van der Waals surface area contributed by atoms with Crippen LogP contribution in [-0.4, -0.2) is 55.5 Å². The second-order valence-electron chi connectivity index (χ2n) is 4.39. The fraction of sp³-hybridized carbons (Fsp3) is 0.500. The summed E-state index contributed by atoms with van der Waals surface area (Å²) in [4.78, 5) is 21.8. The fourth-order valence-corrected chi connectivity index (χ4v) is 3.78. The van der Waals surface area contributed by atoms with Crippen LogP contribution in [0.2, 0.25) is 0 Å². The first kappa shape index (κ1) is 12.2. The molecule has 1 unspecified atom stereocenters. The minimum Gasteiger partial charge on any atom is -0.479 e. The number of nitrogens with zero attached hydrogens (tertiary/aromatic N) is 3. The molecule has 2 aliphatic heterocycles. The zero-order chi connectivity index (χ0) is 13.6. The van der Waals surface area contributed by atoms with Gasteiger partial charge in [-0.1, -0.05) is 0 Å². The number of hydrogen-bond donors (Lipinski definition) is 1. The van der Waals surface area contributed by atoms with Crippen LogP contribution in [0.5, 0.6) is 5.88 Å². The van der Waals surface area contributed by atoms with Crippen molar-refractivity contribution in [3.8, 4) is 5.88 Å². The summed E-state index contributed by atoms with van der Waals surface area (Å²) in [6.45, 7) is 0.244. The average Bonchev–Trinajstić information content (AvgIpc) is 2.37. The lowest BCUT2D eigenvalue weighted by atomic mass is 10.2. The maximum Gasteiger partial charge on any atom is 0.248 e. The normalized spacial score (nSPS) is 24.2. The van der Waals surface area contributed by atoms with Gasteiger partial charge in [0.05, 0.1) is 18.6 Å². The second-order valence-corrected chi connectivity index (χ2v) is 6.62. The number of carbonyl (C=O) groups is 1. The molecule has 3 heterocycles. The van der Waals surface area contributed by atoms with E-state index in [2.05, 4.69) is 15.3 Å². The molecule has 102 valence electrons. The molecule has 9 heteroatoms. The fourth-order valence-electron chi connectivity index (χ4n) is 2.33. The van der Waals surface area contributed by atoms with Gasteiger partial charge in [0.25, 0.3) is 0 Å². The molecular weight excluding hydrogens is 272 g/mol. The monoisotopic (exact) mass is 284 g/mol. The quantitative estimate of drug-likeness (QED) is 0.708. The number of hydrogen-bond acceptors (Lipinski definition) is 7. The van der Waals surface area contributed by atoms with Crippen molar-refractivity contribution in [3.63, 3.8) is 0 Å². The summed E-state index contributed by atoms with van der Waals surface area (Å²) in [5.41, 5.74) is 0.394. The highest BCUT2D eigenvalue weighted by molar-refractivity contribution is 7.91. The zero-order valence-electron chi connectivity index (χ0n) is 10.2. The highest BCUT2D eigenvalue weighted by Crippen LogP contribution is 2.37. The van der Waals surface area contributed by atoms with E-state index in [9.17, 15) is 13.2 Å². The van der Waals surface area contributed by atoms with Crippen molar-refractivity contribution < 1.29 is 17.9 Å². The molecule has 0 aliphatic carbocycles. The van der Waals surface area contributed by atoms with Gasteiger partial charge in [0, 0.05) is 6.54 Å². The molecule has 0 saturated carbocycles. The van der Waals surface area contributed by atoms with Crippen molar-refractivity contribution in [3.05, 3.63) is 6.33 Å². The Morgan fingerprint density at radius 2 is 2.26 bits per heavy atom. The number of rotatable bonds is 1. The highest BCUT2D eigenvalue weighted by Gasteiger charge is 2.42. The molecule has 1 amide bonds. The first-order valence-electron chi connectivity index (χ1n) is 5.69. The van der Waals surface area contributed by atoms with E-state index < -0.39 is 15.9 Å². The number of sulfone groups is 1. The summed E-state index contributed by atoms with van der Waals surface area (Å²) in [6.07, 6.45) is 1.33. The van der Waals surface area contributed by atoms with E-state index in [1.165, 1.54) is 13.4 Å². The van der Waals surface area contributed by atoms with Crippen molar-refractivity contribution >= 4 is 27.2 Å². The number of methoxy groups -OCH3 is 1. The molecule has 3 rings (SSSR count). The van der Waals surface area contributed by atoms with Gasteiger partial charge in [0.1, 0.15) is 18.1 Å². The predicted octanol–water partition coefficient (Wildman–Crippen LogP) is -0.959. The van der Waals surface area contributed by atoms with Crippen LogP contribution in [0.25, 0.3) is 0 Å². The van der Waals surface area contributed by atoms with Gasteiger partial charge in [-0.2, -0.15) is 4.98 Å². The molecule has 1 aromatic heterocycles. The second kappa shape index (κ2) is 4.05. The lowest BCUT2D eigenvalue weighted by Crippen LogP contribution is -2.57. The van der Waals surface area contributed by atoms with E-state index in [1.807, 2.05) is 0 Å². The minimum atomic E-state index is -3.18. The summed E-state index contributed by atoms with van der Waals surface area (Å²) >= 11 is 0. The summed E-state index contributed by atoms with van der Waals surface area (Å²) in [7, 11) is -1.74. The first-order valence-corrected chi connectivity index (χ1v) is 7.51. The minimum absolute atomic E-state index is 0.0164. The van der Waals surface area contributed by atoms with Crippen molar-refractivity contribution in [2.45, 2.75) is 6.04 Å². The maximum absolute atomic E-state index is 12.0. The Labute approximate surface area is 109 Å². The highest BCUT2D eigenvalue weighted by atomic mass is 32.2. The molecule has 1 saturated heterocycles. The lowest BCUT2D eigenvalue weighted by molar-refractivity contribution is -0.117. The van der Waals surface area contributed by atoms with E-state index in [4.69, 9.17) is 4.74 Å². The first-order chi connectivity index (χ1) is 9.02. The van der Waals surface area contributed by atoms with E-state index in [1.54, 1.807) is 4.90 Å². The molecule has 1 aromatic rings. The summed E-state index contributed by atoms with van der Waals surface area (Å²) < 4.78 is 28.3. The Balaban J connectivity index is 2.08. The van der Waals surface area contributed by atoms with Crippen LogP contribution >= 0.6 is 0 Å². The Hall–Kier alpha value is -1.90. The third-order valence-electron chi connectivity index (χ3n) is 3.24. The Kier molecular flexibility index (Phi) is 2.59. The number of fused-ring (bicyclic) bond motifs is 3. The van der Waals surface area contributed by atoms with Crippen LogP contribution in [0.15, 0.2) is 6.33 Å². The van der Waals surface area contributed by atoms with Crippen LogP contribution in [0.3, 0.4) is 0 Å². The summed E-state index contributed by atoms with van der Waals surface area (Å²) in [5.74, 6) is 0.230. The number of anilines is 2. The third-order valence-corrected chi connectivity index (χ3v) is 4.87. The van der Waals surface area contributed by atoms with Gasteiger partial charge in [-0.15, -0.1) is 0 Å². The van der Waals surface area contributed by atoms with Gasteiger partial charge in [0.15, 0.2) is 15.7 Å². The molecule has 8 nitrogen and oxygen atoms in total. The van der Waals surface area contributed by atoms with E-state index >= 15 is 0 Å². The smallest absolute Gasteiger partial charge is 0.248 e. The molecule has 1 atom stereocenters. The zero-order valence-corrected chi connectivity index (χ0v) is 11.0. The van der Waals surface area contributed by atoms with Crippen molar-refractivity contribution in [1.29, 1.82) is 0 Å². The standard InChI is InChI=1S/C10H12N4O4S/c1-18-10-7-8(11-5-12-10)14-2-3-19(16,17)4-6(14)9(15)13-7/h5-6H,2-4H2,1H3,(H,13,15). The third kappa shape index (κ3) is 1.89. The molecule has 0 spiro atoms. The predicted molar refractivity (Wildman–Crippen MR) is 67.0 cm³/mol.